The second-order valence-electron chi connectivity index (χ2n) is 5.44. The Labute approximate surface area is 117 Å². The highest BCUT2D eigenvalue weighted by Crippen LogP contribution is 2.27. The van der Waals surface area contributed by atoms with E-state index in [2.05, 4.69) is 31.0 Å². The molecule has 0 fully saturated rings. The maximum Gasteiger partial charge on any atom is 0.356 e. The van der Waals surface area contributed by atoms with E-state index >= 15 is 0 Å². The Morgan fingerprint density at radius 2 is 1.90 bits per heavy atom. The first-order chi connectivity index (χ1) is 9.36. The topological polar surface area (TPSA) is 72.3 Å². The molecule has 0 radical (unpaired) electrons. The van der Waals surface area contributed by atoms with E-state index in [1.807, 2.05) is 24.3 Å². The zero-order valence-electron chi connectivity index (χ0n) is 11.6. The van der Waals surface area contributed by atoms with Crippen molar-refractivity contribution >= 4 is 5.97 Å². The number of aromatic carboxylic acids is 1. The van der Waals surface area contributed by atoms with E-state index < -0.39 is 5.97 Å². The van der Waals surface area contributed by atoms with Crippen molar-refractivity contribution in [2.45, 2.75) is 26.2 Å². The molecule has 2 aromatic rings. The average molecular weight is 272 g/mol. The summed E-state index contributed by atoms with van der Waals surface area (Å²) in [6.07, 6.45) is 0. The second-order valence-corrected chi connectivity index (χ2v) is 5.44. The number of carboxylic acids is 1. The minimum Gasteiger partial charge on any atom is -0.476 e. The van der Waals surface area contributed by atoms with Gasteiger partial charge >= 0.3 is 5.97 Å². The SMILES string of the molecule is CC(C)(C)c1cccc(Oc2ccc(C(=O)O)nn2)c1. The third-order valence-corrected chi connectivity index (χ3v) is 2.78. The molecule has 0 bridgehead atoms. The third-order valence-electron chi connectivity index (χ3n) is 2.78. The number of hydrogen-bond donors (Lipinski definition) is 1. The molecule has 0 aliphatic rings. The normalized spacial score (nSPS) is 11.2. The van der Waals surface area contributed by atoms with Crippen LogP contribution < -0.4 is 4.74 Å². The Bertz CT molecular complexity index is 616. The molecule has 1 aromatic carbocycles. The first-order valence-electron chi connectivity index (χ1n) is 6.22. The van der Waals surface area contributed by atoms with Crippen LogP contribution in [0.4, 0.5) is 0 Å². The fraction of sp³-hybridized carbons (Fsp3) is 0.267. The van der Waals surface area contributed by atoms with Gasteiger partial charge in [-0.15, -0.1) is 10.2 Å². The molecule has 1 heterocycles. The molecule has 0 saturated heterocycles. The van der Waals surface area contributed by atoms with Gasteiger partial charge in [0, 0.05) is 6.07 Å². The van der Waals surface area contributed by atoms with Crippen LogP contribution >= 0.6 is 0 Å². The van der Waals surface area contributed by atoms with Crippen molar-refractivity contribution in [3.8, 4) is 11.6 Å². The zero-order chi connectivity index (χ0) is 14.8. The van der Waals surface area contributed by atoms with Crippen LogP contribution in [0.15, 0.2) is 36.4 Å². The van der Waals surface area contributed by atoms with Crippen molar-refractivity contribution in [1.82, 2.24) is 10.2 Å². The lowest BCUT2D eigenvalue weighted by molar-refractivity contribution is 0.0689. The first-order valence-corrected chi connectivity index (χ1v) is 6.22. The molecule has 104 valence electrons. The van der Waals surface area contributed by atoms with Gasteiger partial charge in [-0.25, -0.2) is 4.79 Å². The van der Waals surface area contributed by atoms with Gasteiger partial charge in [0.2, 0.25) is 5.88 Å². The number of aromatic nitrogens is 2. The molecule has 5 heteroatoms. The number of carboxylic acid groups (broad SMARTS) is 1. The van der Waals surface area contributed by atoms with Crippen molar-refractivity contribution in [1.29, 1.82) is 0 Å². The van der Waals surface area contributed by atoms with Crippen molar-refractivity contribution in [2.24, 2.45) is 0 Å². The number of hydrogen-bond acceptors (Lipinski definition) is 4. The molecule has 0 aliphatic heterocycles. The molecular weight excluding hydrogens is 256 g/mol. The van der Waals surface area contributed by atoms with E-state index in [0.717, 1.165) is 5.56 Å². The summed E-state index contributed by atoms with van der Waals surface area (Å²) in [6, 6.07) is 10.5. The van der Waals surface area contributed by atoms with E-state index in [4.69, 9.17) is 9.84 Å². The molecule has 1 N–H and O–H groups in total. The summed E-state index contributed by atoms with van der Waals surface area (Å²) in [5.41, 5.74) is 1.06. The summed E-state index contributed by atoms with van der Waals surface area (Å²) >= 11 is 0. The van der Waals surface area contributed by atoms with Crippen LogP contribution in [0.3, 0.4) is 0 Å². The monoisotopic (exact) mass is 272 g/mol. The maximum atomic E-state index is 10.7. The largest absolute Gasteiger partial charge is 0.476 e. The first kappa shape index (κ1) is 14.0. The highest BCUT2D eigenvalue weighted by Gasteiger charge is 2.14. The van der Waals surface area contributed by atoms with Gasteiger partial charge < -0.3 is 9.84 Å². The van der Waals surface area contributed by atoms with Crippen molar-refractivity contribution in [3.05, 3.63) is 47.7 Å². The molecule has 0 saturated carbocycles. The quantitative estimate of drug-likeness (QED) is 0.928. The van der Waals surface area contributed by atoms with Gasteiger partial charge in [0.25, 0.3) is 0 Å². The zero-order valence-corrected chi connectivity index (χ0v) is 11.6. The van der Waals surface area contributed by atoms with E-state index in [9.17, 15) is 4.79 Å². The second kappa shape index (κ2) is 5.28. The van der Waals surface area contributed by atoms with Crippen LogP contribution in [-0.4, -0.2) is 21.3 Å². The molecule has 5 nitrogen and oxygen atoms in total. The van der Waals surface area contributed by atoms with Crippen LogP contribution in [0.5, 0.6) is 11.6 Å². The van der Waals surface area contributed by atoms with Crippen LogP contribution in [0, 0.1) is 0 Å². The van der Waals surface area contributed by atoms with Crippen molar-refractivity contribution < 1.29 is 14.6 Å². The van der Waals surface area contributed by atoms with Crippen LogP contribution in [0.1, 0.15) is 36.8 Å². The van der Waals surface area contributed by atoms with Gasteiger partial charge in [0.15, 0.2) is 5.69 Å². The number of nitrogens with zero attached hydrogens (tertiary/aromatic N) is 2. The predicted octanol–water partition coefficient (Wildman–Crippen LogP) is 3.26. The van der Waals surface area contributed by atoms with Crippen molar-refractivity contribution in [2.75, 3.05) is 0 Å². The van der Waals surface area contributed by atoms with E-state index in [0.29, 0.717) is 5.75 Å². The predicted molar refractivity (Wildman–Crippen MR) is 74.2 cm³/mol. The molecule has 0 aliphatic carbocycles. The standard InChI is InChI=1S/C15H16N2O3/c1-15(2,3)10-5-4-6-11(9-10)20-13-8-7-12(14(18)19)16-17-13/h4-9H,1-3H3,(H,18,19). The van der Waals surface area contributed by atoms with Crippen LogP contribution in [-0.2, 0) is 5.41 Å². The highest BCUT2D eigenvalue weighted by molar-refractivity contribution is 5.84. The molecule has 0 amide bonds. The third kappa shape index (κ3) is 3.32. The Morgan fingerprint density at radius 3 is 2.45 bits per heavy atom. The fourth-order valence-corrected chi connectivity index (χ4v) is 1.64. The van der Waals surface area contributed by atoms with Gasteiger partial charge in [0.1, 0.15) is 5.75 Å². The summed E-state index contributed by atoms with van der Waals surface area (Å²) in [5.74, 6) is -0.199. The molecule has 1 aromatic heterocycles. The van der Waals surface area contributed by atoms with E-state index in [-0.39, 0.29) is 17.0 Å². The number of rotatable bonds is 3. The number of ether oxygens (including phenoxy) is 1. The highest BCUT2D eigenvalue weighted by atomic mass is 16.5. The summed E-state index contributed by atoms with van der Waals surface area (Å²) in [6.45, 7) is 6.36. The van der Waals surface area contributed by atoms with Gasteiger partial charge in [-0.05, 0) is 29.2 Å². The fourth-order valence-electron chi connectivity index (χ4n) is 1.64. The Balaban J connectivity index is 2.20. The molecule has 0 spiro atoms. The maximum absolute atomic E-state index is 10.7. The Kier molecular flexibility index (Phi) is 3.70. The van der Waals surface area contributed by atoms with Crippen molar-refractivity contribution in [3.63, 3.8) is 0 Å². The van der Waals surface area contributed by atoms with Gasteiger partial charge in [-0.2, -0.15) is 0 Å². The summed E-state index contributed by atoms with van der Waals surface area (Å²) in [5, 5.41) is 16.1. The minimum absolute atomic E-state index is 0.0260. The van der Waals surface area contributed by atoms with Gasteiger partial charge in [0.05, 0.1) is 0 Å². The summed E-state index contributed by atoms with van der Waals surface area (Å²) in [7, 11) is 0. The number of carbonyl (C=O) groups is 1. The smallest absolute Gasteiger partial charge is 0.356 e. The Morgan fingerprint density at radius 1 is 1.15 bits per heavy atom. The lowest BCUT2D eigenvalue weighted by Crippen LogP contribution is -2.10. The van der Waals surface area contributed by atoms with Crippen LogP contribution in [0.2, 0.25) is 0 Å². The molecule has 20 heavy (non-hydrogen) atoms. The van der Waals surface area contributed by atoms with E-state index in [1.165, 1.54) is 12.1 Å². The molecule has 0 atom stereocenters. The number of benzene rings is 1. The molecule has 0 unspecified atom stereocenters. The Hall–Kier alpha value is -2.43. The summed E-state index contributed by atoms with van der Waals surface area (Å²) < 4.78 is 5.58. The lowest BCUT2D eigenvalue weighted by atomic mass is 9.87. The lowest BCUT2D eigenvalue weighted by Gasteiger charge is -2.19. The molecule has 2 rings (SSSR count). The average Bonchev–Trinajstić information content (AvgIpc) is 2.38. The van der Waals surface area contributed by atoms with Gasteiger partial charge in [-0.3, -0.25) is 0 Å². The molecular formula is C15H16N2O3. The summed E-state index contributed by atoms with van der Waals surface area (Å²) in [4.78, 5) is 10.7. The minimum atomic E-state index is -1.11. The van der Waals surface area contributed by atoms with Crippen LogP contribution in [0.25, 0.3) is 0 Å². The van der Waals surface area contributed by atoms with Gasteiger partial charge in [-0.1, -0.05) is 32.9 Å². The van der Waals surface area contributed by atoms with E-state index in [1.54, 1.807) is 0 Å².